The normalized spacial score (nSPS) is 10.4. The molecule has 5 heteroatoms. The molecule has 0 unspecified atom stereocenters. The van der Waals surface area contributed by atoms with Crippen molar-refractivity contribution in [3.63, 3.8) is 0 Å². The first kappa shape index (κ1) is 13.1. The van der Waals surface area contributed by atoms with Crippen molar-refractivity contribution in [1.82, 2.24) is 9.78 Å². The minimum Gasteiger partial charge on any atom is -0.396 e. The van der Waals surface area contributed by atoms with Gasteiger partial charge in [-0.15, -0.1) is 0 Å². The average Bonchev–Trinajstić information content (AvgIpc) is 2.80. The number of nitrogens with one attached hydrogen (secondary N) is 1. The van der Waals surface area contributed by atoms with Crippen molar-refractivity contribution in [2.45, 2.75) is 26.8 Å². The number of nitrogens with zero attached hydrogens (tertiary/aromatic N) is 2. The Balaban J connectivity index is 2.23. The van der Waals surface area contributed by atoms with E-state index in [0.29, 0.717) is 12.2 Å². The maximum absolute atomic E-state index is 12.2. The minimum absolute atomic E-state index is 0.271. The summed E-state index contributed by atoms with van der Waals surface area (Å²) in [7, 11) is 0. The first-order valence-electron chi connectivity index (χ1n) is 6.37. The molecule has 0 spiro atoms. The van der Waals surface area contributed by atoms with Gasteiger partial charge in [0.05, 0.1) is 5.69 Å². The number of nitrogen functional groups attached to an aromatic ring is 1. The van der Waals surface area contributed by atoms with Gasteiger partial charge in [-0.05, 0) is 25.0 Å². The molecule has 0 saturated carbocycles. The Labute approximate surface area is 112 Å². The average molecular weight is 258 g/mol. The molecule has 2 rings (SSSR count). The summed E-state index contributed by atoms with van der Waals surface area (Å²) in [6.07, 6.45) is 2.52. The topological polar surface area (TPSA) is 72.9 Å². The number of para-hydroxylation sites is 1. The summed E-state index contributed by atoms with van der Waals surface area (Å²) in [5, 5.41) is 7.02. The lowest BCUT2D eigenvalue weighted by molar-refractivity contribution is 0.102. The van der Waals surface area contributed by atoms with Gasteiger partial charge in [0, 0.05) is 18.4 Å². The van der Waals surface area contributed by atoms with Gasteiger partial charge < -0.3 is 11.1 Å². The zero-order valence-corrected chi connectivity index (χ0v) is 11.2. The number of carbonyl (C=O) groups excluding carboxylic acids is 1. The van der Waals surface area contributed by atoms with Crippen molar-refractivity contribution in [3.05, 3.63) is 41.7 Å². The summed E-state index contributed by atoms with van der Waals surface area (Å²) in [5.74, 6) is -0.273. The van der Waals surface area contributed by atoms with E-state index >= 15 is 0 Å². The number of aryl methyl sites for hydroxylation is 2. The third kappa shape index (κ3) is 2.76. The highest BCUT2D eigenvalue weighted by molar-refractivity contribution is 6.06. The molecule has 0 fully saturated rings. The Morgan fingerprint density at radius 3 is 2.74 bits per heavy atom. The monoisotopic (exact) mass is 258 g/mol. The van der Waals surface area contributed by atoms with Gasteiger partial charge >= 0.3 is 0 Å². The van der Waals surface area contributed by atoms with Crippen LogP contribution in [0.15, 0.2) is 30.5 Å². The van der Waals surface area contributed by atoms with Crippen LogP contribution in [0, 0.1) is 0 Å². The molecule has 0 aliphatic rings. The number of amides is 1. The van der Waals surface area contributed by atoms with Crippen molar-refractivity contribution in [2.75, 3.05) is 11.1 Å². The predicted molar refractivity (Wildman–Crippen MR) is 76.1 cm³/mol. The van der Waals surface area contributed by atoms with Crippen molar-refractivity contribution >= 4 is 17.3 Å². The molecule has 0 saturated heterocycles. The molecule has 5 nitrogen and oxygen atoms in total. The molecule has 0 bridgehead atoms. The maximum atomic E-state index is 12.2. The molecule has 2 aromatic rings. The van der Waals surface area contributed by atoms with Crippen LogP contribution in [0.1, 0.15) is 29.9 Å². The third-order valence-corrected chi connectivity index (χ3v) is 2.98. The summed E-state index contributed by atoms with van der Waals surface area (Å²) >= 11 is 0. The van der Waals surface area contributed by atoms with E-state index in [1.54, 1.807) is 10.9 Å². The summed E-state index contributed by atoms with van der Waals surface area (Å²) in [6.45, 7) is 4.68. The summed E-state index contributed by atoms with van der Waals surface area (Å²) in [6, 6.07) is 7.71. The second-order valence-corrected chi connectivity index (χ2v) is 4.25. The lowest BCUT2D eigenvalue weighted by Gasteiger charge is -2.08. The number of aromatic nitrogens is 2. The zero-order valence-electron chi connectivity index (χ0n) is 11.2. The standard InChI is InChI=1S/C14H18N4O/c1-3-10-7-5-6-8-12(10)16-14(19)13-11(15)9-18(4-2)17-13/h5-9H,3-4,15H2,1-2H3,(H,16,19). The highest BCUT2D eigenvalue weighted by atomic mass is 16.2. The summed E-state index contributed by atoms with van der Waals surface area (Å²) < 4.78 is 1.65. The van der Waals surface area contributed by atoms with E-state index in [2.05, 4.69) is 10.4 Å². The number of hydrogen-bond donors (Lipinski definition) is 2. The third-order valence-electron chi connectivity index (χ3n) is 2.98. The van der Waals surface area contributed by atoms with Crippen LogP contribution >= 0.6 is 0 Å². The number of hydrogen-bond acceptors (Lipinski definition) is 3. The number of benzene rings is 1. The molecule has 3 N–H and O–H groups in total. The van der Waals surface area contributed by atoms with Crippen LogP contribution in [0.2, 0.25) is 0 Å². The lowest BCUT2D eigenvalue weighted by atomic mass is 10.1. The van der Waals surface area contributed by atoms with E-state index < -0.39 is 0 Å². The van der Waals surface area contributed by atoms with Crippen LogP contribution in [-0.4, -0.2) is 15.7 Å². The van der Waals surface area contributed by atoms with Gasteiger partial charge in [-0.3, -0.25) is 9.48 Å². The van der Waals surface area contributed by atoms with Gasteiger partial charge in [0.2, 0.25) is 0 Å². The number of rotatable bonds is 4. The number of anilines is 2. The molecule has 1 amide bonds. The molecule has 1 aromatic carbocycles. The van der Waals surface area contributed by atoms with Gasteiger partial charge in [-0.25, -0.2) is 0 Å². The number of nitrogens with two attached hydrogens (primary N) is 1. The van der Waals surface area contributed by atoms with Crippen molar-refractivity contribution in [2.24, 2.45) is 0 Å². The van der Waals surface area contributed by atoms with Crippen molar-refractivity contribution in [3.8, 4) is 0 Å². The summed E-state index contributed by atoms with van der Waals surface area (Å²) in [5.41, 5.74) is 8.36. The van der Waals surface area contributed by atoms with Crippen LogP contribution in [0.3, 0.4) is 0 Å². The summed E-state index contributed by atoms with van der Waals surface area (Å²) in [4.78, 5) is 12.2. The second-order valence-electron chi connectivity index (χ2n) is 4.25. The van der Waals surface area contributed by atoms with Crippen molar-refractivity contribution < 1.29 is 4.79 Å². The fourth-order valence-electron chi connectivity index (χ4n) is 1.91. The SMILES string of the molecule is CCc1ccccc1NC(=O)c1nn(CC)cc1N. The van der Waals surface area contributed by atoms with E-state index in [4.69, 9.17) is 5.73 Å². The van der Waals surface area contributed by atoms with E-state index in [9.17, 15) is 4.79 Å². The molecule has 0 atom stereocenters. The van der Waals surface area contributed by atoms with E-state index in [1.165, 1.54) is 0 Å². The Morgan fingerprint density at radius 1 is 1.37 bits per heavy atom. The first-order valence-corrected chi connectivity index (χ1v) is 6.37. The van der Waals surface area contributed by atoms with Gasteiger partial charge in [-0.2, -0.15) is 5.10 Å². The number of carbonyl (C=O) groups is 1. The minimum atomic E-state index is -0.273. The molecule has 0 aliphatic carbocycles. The first-order chi connectivity index (χ1) is 9.15. The maximum Gasteiger partial charge on any atom is 0.278 e. The van der Waals surface area contributed by atoms with Gasteiger partial charge in [0.1, 0.15) is 0 Å². The van der Waals surface area contributed by atoms with Crippen LogP contribution < -0.4 is 11.1 Å². The van der Waals surface area contributed by atoms with Crippen molar-refractivity contribution in [1.29, 1.82) is 0 Å². The Bertz CT molecular complexity index is 589. The molecule has 0 radical (unpaired) electrons. The highest BCUT2D eigenvalue weighted by Gasteiger charge is 2.15. The predicted octanol–water partition coefficient (Wildman–Crippen LogP) is 2.30. The quantitative estimate of drug-likeness (QED) is 0.883. The Morgan fingerprint density at radius 2 is 2.11 bits per heavy atom. The smallest absolute Gasteiger partial charge is 0.278 e. The molecular formula is C14H18N4O. The molecular weight excluding hydrogens is 240 g/mol. The van der Waals surface area contributed by atoms with Gasteiger partial charge in [0.15, 0.2) is 5.69 Å². The molecule has 0 aliphatic heterocycles. The Hall–Kier alpha value is -2.30. The highest BCUT2D eigenvalue weighted by Crippen LogP contribution is 2.18. The zero-order chi connectivity index (χ0) is 13.8. The van der Waals surface area contributed by atoms with Crippen LogP contribution in [-0.2, 0) is 13.0 Å². The van der Waals surface area contributed by atoms with Crippen LogP contribution in [0.4, 0.5) is 11.4 Å². The lowest BCUT2D eigenvalue weighted by Crippen LogP contribution is -2.15. The van der Waals surface area contributed by atoms with Crippen LogP contribution in [0.5, 0.6) is 0 Å². The largest absolute Gasteiger partial charge is 0.396 e. The second kappa shape index (κ2) is 5.56. The molecule has 100 valence electrons. The molecule has 19 heavy (non-hydrogen) atoms. The van der Waals surface area contributed by atoms with E-state index in [1.807, 2.05) is 38.1 Å². The Kier molecular flexibility index (Phi) is 3.85. The molecule has 1 aromatic heterocycles. The fourth-order valence-corrected chi connectivity index (χ4v) is 1.91. The van der Waals surface area contributed by atoms with E-state index in [-0.39, 0.29) is 11.6 Å². The van der Waals surface area contributed by atoms with Gasteiger partial charge in [-0.1, -0.05) is 25.1 Å². The van der Waals surface area contributed by atoms with Gasteiger partial charge in [0.25, 0.3) is 5.91 Å². The molecule has 1 heterocycles. The van der Waals surface area contributed by atoms with E-state index in [0.717, 1.165) is 17.7 Å². The van der Waals surface area contributed by atoms with Crippen LogP contribution in [0.25, 0.3) is 0 Å². The fraction of sp³-hybridized carbons (Fsp3) is 0.286.